The maximum atomic E-state index is 11.6. The van der Waals surface area contributed by atoms with Gasteiger partial charge in [-0.3, -0.25) is 4.99 Å². The summed E-state index contributed by atoms with van der Waals surface area (Å²) in [5.74, 6) is 2.31. The van der Waals surface area contributed by atoms with E-state index in [9.17, 15) is 4.79 Å². The second-order valence-electron chi connectivity index (χ2n) is 6.98. The van der Waals surface area contributed by atoms with Crippen molar-refractivity contribution >= 4 is 12.1 Å². The Morgan fingerprint density at radius 3 is 2.58 bits per heavy atom. The lowest BCUT2D eigenvalue weighted by molar-refractivity contribution is 0.146. The largest absolute Gasteiger partial charge is 0.450 e. The molecule has 2 fully saturated rings. The summed E-state index contributed by atoms with van der Waals surface area (Å²) in [6, 6.07) is 0.112. The normalized spacial score (nSPS) is 19.8. The van der Waals surface area contributed by atoms with Gasteiger partial charge in [0.2, 0.25) is 0 Å². The molecule has 0 aromatic heterocycles. The minimum atomic E-state index is -0.323. The Bertz CT molecular complexity index is 404. The van der Waals surface area contributed by atoms with Gasteiger partial charge in [-0.05, 0) is 44.4 Å². The first-order chi connectivity index (χ1) is 11.7. The molecule has 138 valence electrons. The Morgan fingerprint density at radius 2 is 1.96 bits per heavy atom. The lowest BCUT2D eigenvalue weighted by Crippen LogP contribution is -2.48. The predicted molar refractivity (Wildman–Crippen MR) is 97.2 cm³/mol. The number of ether oxygens (including phenoxy) is 1. The molecule has 2 aliphatic carbocycles. The van der Waals surface area contributed by atoms with Crippen LogP contribution in [0.1, 0.15) is 58.3 Å². The second-order valence-corrected chi connectivity index (χ2v) is 6.98. The van der Waals surface area contributed by atoms with E-state index in [0.29, 0.717) is 19.1 Å². The maximum absolute atomic E-state index is 11.6. The molecule has 2 aliphatic rings. The van der Waals surface area contributed by atoms with E-state index < -0.39 is 0 Å². The van der Waals surface area contributed by atoms with Crippen molar-refractivity contribution in [3.05, 3.63) is 0 Å². The van der Waals surface area contributed by atoms with Crippen molar-refractivity contribution in [1.29, 1.82) is 0 Å². The van der Waals surface area contributed by atoms with Crippen LogP contribution in [0.3, 0.4) is 0 Å². The van der Waals surface area contributed by atoms with Crippen LogP contribution in [0.15, 0.2) is 4.99 Å². The quantitative estimate of drug-likeness (QED) is 0.343. The van der Waals surface area contributed by atoms with E-state index in [1.165, 1.54) is 51.4 Å². The number of hydrogen-bond acceptors (Lipinski definition) is 3. The molecule has 1 unspecified atom stereocenters. The van der Waals surface area contributed by atoms with Gasteiger partial charge in [-0.1, -0.05) is 25.7 Å². The SMILES string of the molecule is CCOC(=O)NC(CNC(=NC)NCCCC1CCCC1)C1CC1. The van der Waals surface area contributed by atoms with Crippen LogP contribution in [-0.4, -0.2) is 44.8 Å². The molecular weight excluding hydrogens is 304 g/mol. The number of nitrogens with one attached hydrogen (secondary N) is 3. The predicted octanol–water partition coefficient (Wildman–Crippen LogP) is 2.65. The monoisotopic (exact) mass is 338 g/mol. The Kier molecular flexibility index (Phi) is 8.19. The third-order valence-corrected chi connectivity index (χ3v) is 5.04. The van der Waals surface area contributed by atoms with Gasteiger partial charge in [-0.15, -0.1) is 0 Å². The van der Waals surface area contributed by atoms with Crippen molar-refractivity contribution in [1.82, 2.24) is 16.0 Å². The summed E-state index contributed by atoms with van der Waals surface area (Å²) in [7, 11) is 1.79. The first-order valence-electron chi connectivity index (χ1n) is 9.60. The number of aliphatic imine (C=N–C) groups is 1. The summed E-state index contributed by atoms with van der Waals surface area (Å²) >= 11 is 0. The minimum Gasteiger partial charge on any atom is -0.450 e. The molecule has 0 saturated heterocycles. The fraction of sp³-hybridized carbons (Fsp3) is 0.889. The summed E-state index contributed by atoms with van der Waals surface area (Å²) in [5, 5.41) is 9.67. The van der Waals surface area contributed by atoms with Gasteiger partial charge in [0.05, 0.1) is 12.6 Å². The van der Waals surface area contributed by atoms with E-state index in [1.807, 2.05) is 6.92 Å². The Labute approximate surface area is 146 Å². The van der Waals surface area contributed by atoms with Gasteiger partial charge in [0.15, 0.2) is 5.96 Å². The molecule has 2 saturated carbocycles. The average Bonchev–Trinajstić information content (AvgIpc) is 3.29. The number of nitrogens with zero attached hydrogens (tertiary/aromatic N) is 1. The highest BCUT2D eigenvalue weighted by molar-refractivity contribution is 5.79. The molecule has 0 radical (unpaired) electrons. The highest BCUT2D eigenvalue weighted by Gasteiger charge is 2.32. The van der Waals surface area contributed by atoms with Crippen LogP contribution in [0.2, 0.25) is 0 Å². The number of alkyl carbamates (subject to hydrolysis) is 1. The van der Waals surface area contributed by atoms with Gasteiger partial charge in [-0.25, -0.2) is 4.79 Å². The molecule has 24 heavy (non-hydrogen) atoms. The topological polar surface area (TPSA) is 74.8 Å². The van der Waals surface area contributed by atoms with Gasteiger partial charge < -0.3 is 20.7 Å². The van der Waals surface area contributed by atoms with E-state index in [1.54, 1.807) is 7.05 Å². The molecule has 0 heterocycles. The Hall–Kier alpha value is -1.46. The first kappa shape index (κ1) is 18.9. The van der Waals surface area contributed by atoms with Crippen molar-refractivity contribution in [2.24, 2.45) is 16.8 Å². The molecule has 6 heteroatoms. The molecule has 3 N–H and O–H groups in total. The summed E-state index contributed by atoms with van der Waals surface area (Å²) < 4.78 is 4.99. The van der Waals surface area contributed by atoms with Crippen molar-refractivity contribution in [2.45, 2.75) is 64.3 Å². The smallest absolute Gasteiger partial charge is 0.407 e. The minimum absolute atomic E-state index is 0.112. The molecular formula is C18H34N4O2. The van der Waals surface area contributed by atoms with Crippen LogP contribution in [0.25, 0.3) is 0 Å². The molecule has 1 amide bonds. The zero-order chi connectivity index (χ0) is 17.2. The first-order valence-corrected chi connectivity index (χ1v) is 9.60. The van der Waals surface area contributed by atoms with Crippen LogP contribution in [-0.2, 0) is 4.74 Å². The highest BCUT2D eigenvalue weighted by atomic mass is 16.5. The zero-order valence-electron chi connectivity index (χ0n) is 15.3. The van der Waals surface area contributed by atoms with Crippen LogP contribution in [0.4, 0.5) is 4.79 Å². The highest BCUT2D eigenvalue weighted by Crippen LogP contribution is 2.32. The zero-order valence-corrected chi connectivity index (χ0v) is 15.3. The molecule has 2 rings (SSSR count). The van der Waals surface area contributed by atoms with Gasteiger partial charge in [0.25, 0.3) is 0 Å². The van der Waals surface area contributed by atoms with E-state index in [0.717, 1.165) is 18.4 Å². The summed E-state index contributed by atoms with van der Waals surface area (Å²) in [6.45, 7) is 3.86. The number of carbonyl (C=O) groups excluding carboxylic acids is 1. The third-order valence-electron chi connectivity index (χ3n) is 5.04. The van der Waals surface area contributed by atoms with Gasteiger partial charge in [-0.2, -0.15) is 0 Å². The summed E-state index contributed by atoms with van der Waals surface area (Å²) in [4.78, 5) is 15.9. The van der Waals surface area contributed by atoms with Crippen LogP contribution in [0.5, 0.6) is 0 Å². The fourth-order valence-corrected chi connectivity index (χ4v) is 3.48. The van der Waals surface area contributed by atoms with Crippen LogP contribution in [0, 0.1) is 11.8 Å². The molecule has 0 aromatic rings. The maximum Gasteiger partial charge on any atom is 0.407 e. The van der Waals surface area contributed by atoms with Crippen molar-refractivity contribution in [2.75, 3.05) is 26.7 Å². The number of hydrogen-bond donors (Lipinski definition) is 3. The van der Waals surface area contributed by atoms with E-state index in [-0.39, 0.29) is 12.1 Å². The average molecular weight is 338 g/mol. The van der Waals surface area contributed by atoms with Gasteiger partial charge in [0.1, 0.15) is 0 Å². The van der Waals surface area contributed by atoms with E-state index in [4.69, 9.17) is 4.74 Å². The standard InChI is InChI=1S/C18H34N4O2/c1-3-24-18(23)22-16(15-10-11-15)13-21-17(19-2)20-12-6-9-14-7-4-5-8-14/h14-16H,3-13H2,1-2H3,(H,22,23)(H2,19,20,21). The van der Waals surface area contributed by atoms with Gasteiger partial charge >= 0.3 is 6.09 Å². The number of amides is 1. The third kappa shape index (κ3) is 6.97. The summed E-state index contributed by atoms with van der Waals surface area (Å²) in [5.41, 5.74) is 0. The van der Waals surface area contributed by atoms with E-state index in [2.05, 4.69) is 20.9 Å². The second kappa shape index (κ2) is 10.4. The van der Waals surface area contributed by atoms with Gasteiger partial charge in [0, 0.05) is 20.1 Å². The Balaban J connectivity index is 1.62. The molecule has 0 bridgehead atoms. The fourth-order valence-electron chi connectivity index (χ4n) is 3.48. The van der Waals surface area contributed by atoms with Crippen LogP contribution >= 0.6 is 0 Å². The number of guanidine groups is 1. The summed E-state index contributed by atoms with van der Waals surface area (Å²) in [6.07, 6.45) is 10.2. The lowest BCUT2D eigenvalue weighted by Gasteiger charge is -2.20. The molecule has 6 nitrogen and oxygen atoms in total. The molecule has 0 spiro atoms. The van der Waals surface area contributed by atoms with E-state index >= 15 is 0 Å². The lowest BCUT2D eigenvalue weighted by atomic mass is 10.0. The van der Waals surface area contributed by atoms with Crippen molar-refractivity contribution < 1.29 is 9.53 Å². The number of rotatable bonds is 9. The molecule has 0 aliphatic heterocycles. The molecule has 1 atom stereocenters. The molecule has 0 aromatic carbocycles. The Morgan fingerprint density at radius 1 is 1.21 bits per heavy atom. The van der Waals surface area contributed by atoms with Crippen LogP contribution < -0.4 is 16.0 Å². The van der Waals surface area contributed by atoms with Crippen molar-refractivity contribution in [3.8, 4) is 0 Å². The van der Waals surface area contributed by atoms with Crippen molar-refractivity contribution in [3.63, 3.8) is 0 Å². The number of carbonyl (C=O) groups is 1.